The number of carbonyl (C=O) groups is 1. The first-order chi connectivity index (χ1) is 17.4. The quantitative estimate of drug-likeness (QED) is 0.239. The predicted molar refractivity (Wildman–Crippen MR) is 142 cm³/mol. The van der Waals surface area contributed by atoms with Crippen LogP contribution >= 0.6 is 0 Å². The van der Waals surface area contributed by atoms with E-state index in [4.69, 9.17) is 14.6 Å². The van der Waals surface area contributed by atoms with E-state index in [1.165, 1.54) is 0 Å². The van der Waals surface area contributed by atoms with Gasteiger partial charge in [-0.15, -0.1) is 0 Å². The molecule has 0 amide bonds. The molecule has 0 aliphatic carbocycles. The van der Waals surface area contributed by atoms with Gasteiger partial charge in [0.2, 0.25) is 0 Å². The second kappa shape index (κ2) is 13.9. The number of hydrogen-bond acceptors (Lipinski definition) is 6. The van der Waals surface area contributed by atoms with Crippen LogP contribution in [0.3, 0.4) is 0 Å². The van der Waals surface area contributed by atoms with Crippen LogP contribution < -0.4 is 9.47 Å². The number of ketones is 1. The molecule has 36 heavy (non-hydrogen) atoms. The highest BCUT2D eigenvalue weighted by atomic mass is 16.5. The first-order valence-corrected chi connectivity index (χ1v) is 12.7. The summed E-state index contributed by atoms with van der Waals surface area (Å²) >= 11 is 0. The van der Waals surface area contributed by atoms with Crippen molar-refractivity contribution in [1.82, 2.24) is 0 Å². The molecule has 3 rings (SSSR count). The zero-order valence-electron chi connectivity index (χ0n) is 21.3. The number of methoxy groups -OCH3 is 1. The fourth-order valence-corrected chi connectivity index (χ4v) is 4.24. The Labute approximate surface area is 213 Å². The minimum absolute atomic E-state index is 0.0479. The zero-order chi connectivity index (χ0) is 25.9. The van der Waals surface area contributed by atoms with Crippen molar-refractivity contribution < 1.29 is 29.6 Å². The van der Waals surface area contributed by atoms with Crippen LogP contribution in [0.25, 0.3) is 10.8 Å². The maximum atomic E-state index is 12.4. The number of aliphatic hydroxyl groups is 2. The lowest BCUT2D eigenvalue weighted by Gasteiger charge is -2.13. The summed E-state index contributed by atoms with van der Waals surface area (Å²) in [6.45, 7) is 2.56. The van der Waals surface area contributed by atoms with Crippen molar-refractivity contribution in [3.63, 3.8) is 0 Å². The third-order valence-corrected chi connectivity index (χ3v) is 6.46. The smallest absolute Gasteiger partial charge is 0.161 e. The summed E-state index contributed by atoms with van der Waals surface area (Å²) in [6, 6.07) is 16.9. The summed E-state index contributed by atoms with van der Waals surface area (Å²) in [4.78, 5) is 12.4. The molecule has 194 valence electrons. The molecule has 3 aromatic carbocycles. The summed E-state index contributed by atoms with van der Waals surface area (Å²) in [5, 5.41) is 30.9. The summed E-state index contributed by atoms with van der Waals surface area (Å²) < 4.78 is 11.5. The van der Waals surface area contributed by atoms with Gasteiger partial charge in [0.1, 0.15) is 18.1 Å². The Bertz CT molecular complexity index is 1130. The van der Waals surface area contributed by atoms with E-state index in [9.17, 15) is 15.0 Å². The topological polar surface area (TPSA) is 96.2 Å². The number of fused-ring (bicyclic) bond motifs is 1. The zero-order valence-corrected chi connectivity index (χ0v) is 21.3. The molecule has 6 nitrogen and oxygen atoms in total. The molecular formula is C30H38O6. The number of rotatable bonds is 15. The molecule has 0 aliphatic heterocycles. The Kier molecular flexibility index (Phi) is 10.6. The SMILES string of the molecule is COc1ccc(CCC(=O)CC(O)CCCCC(C)CO)cc1OCc1ccc2cc(O)ccc2c1. The van der Waals surface area contributed by atoms with Crippen molar-refractivity contribution in [2.45, 2.75) is 64.6 Å². The van der Waals surface area contributed by atoms with Gasteiger partial charge in [0.25, 0.3) is 0 Å². The molecule has 0 spiro atoms. The number of hydrogen-bond donors (Lipinski definition) is 3. The number of phenols is 1. The number of aliphatic hydroxyl groups excluding tert-OH is 2. The number of benzene rings is 3. The van der Waals surface area contributed by atoms with Crippen LogP contribution in [0.1, 0.15) is 56.6 Å². The number of Topliss-reactive ketones (excluding diaryl/α,β-unsaturated/α-hetero) is 1. The van der Waals surface area contributed by atoms with E-state index in [-0.39, 0.29) is 30.5 Å². The Hall–Kier alpha value is -3.09. The fourth-order valence-electron chi connectivity index (χ4n) is 4.24. The Balaban J connectivity index is 1.50. The lowest BCUT2D eigenvalue weighted by atomic mass is 9.99. The van der Waals surface area contributed by atoms with E-state index in [0.717, 1.165) is 41.2 Å². The molecule has 0 saturated carbocycles. The van der Waals surface area contributed by atoms with Crippen LogP contribution in [0.15, 0.2) is 54.6 Å². The third kappa shape index (κ3) is 8.54. The third-order valence-electron chi connectivity index (χ3n) is 6.46. The van der Waals surface area contributed by atoms with E-state index in [1.807, 2.05) is 49.4 Å². The molecular weight excluding hydrogens is 456 g/mol. The van der Waals surface area contributed by atoms with Gasteiger partial charge in [-0.25, -0.2) is 0 Å². The van der Waals surface area contributed by atoms with Crippen molar-refractivity contribution in [3.05, 3.63) is 65.7 Å². The Morgan fingerprint density at radius 3 is 2.42 bits per heavy atom. The molecule has 0 heterocycles. The van der Waals surface area contributed by atoms with Crippen molar-refractivity contribution >= 4 is 16.6 Å². The number of aryl methyl sites for hydroxylation is 1. The van der Waals surface area contributed by atoms with Crippen molar-refractivity contribution in [1.29, 1.82) is 0 Å². The normalized spacial score (nSPS) is 12.9. The lowest BCUT2D eigenvalue weighted by Crippen LogP contribution is -2.14. The number of carbonyl (C=O) groups excluding carboxylic acids is 1. The molecule has 0 radical (unpaired) electrons. The fraction of sp³-hybridized carbons (Fsp3) is 0.433. The predicted octanol–water partition coefficient (Wildman–Crippen LogP) is 5.57. The van der Waals surface area contributed by atoms with Crippen molar-refractivity contribution in [2.24, 2.45) is 5.92 Å². The molecule has 3 N–H and O–H groups in total. The summed E-state index contributed by atoms with van der Waals surface area (Å²) in [5.41, 5.74) is 1.97. The maximum absolute atomic E-state index is 12.4. The van der Waals surface area contributed by atoms with Gasteiger partial charge in [-0.2, -0.15) is 0 Å². The van der Waals surface area contributed by atoms with Crippen LogP contribution in [0.5, 0.6) is 17.2 Å². The van der Waals surface area contributed by atoms with Crippen molar-refractivity contribution in [3.8, 4) is 17.2 Å². The van der Waals surface area contributed by atoms with Crippen LogP contribution in [-0.2, 0) is 17.8 Å². The number of ether oxygens (including phenoxy) is 2. The van der Waals surface area contributed by atoms with E-state index >= 15 is 0 Å². The monoisotopic (exact) mass is 494 g/mol. The van der Waals surface area contributed by atoms with Gasteiger partial charge >= 0.3 is 0 Å². The van der Waals surface area contributed by atoms with Gasteiger partial charge in [-0.05, 0) is 77.4 Å². The minimum Gasteiger partial charge on any atom is -0.508 e. The van der Waals surface area contributed by atoms with Crippen LogP contribution in [-0.4, -0.2) is 40.9 Å². The van der Waals surface area contributed by atoms with E-state index in [2.05, 4.69) is 0 Å². The van der Waals surface area contributed by atoms with Gasteiger partial charge in [0, 0.05) is 19.4 Å². The first kappa shape index (κ1) is 27.5. The molecule has 2 unspecified atom stereocenters. The molecule has 0 saturated heterocycles. The summed E-state index contributed by atoms with van der Waals surface area (Å²) in [7, 11) is 1.60. The molecule has 2 atom stereocenters. The number of aromatic hydroxyl groups is 1. The summed E-state index contributed by atoms with van der Waals surface area (Å²) in [6.07, 6.45) is 3.85. The van der Waals surface area contributed by atoms with Gasteiger partial charge in [-0.1, -0.05) is 44.0 Å². The first-order valence-electron chi connectivity index (χ1n) is 12.7. The second-order valence-electron chi connectivity index (χ2n) is 9.61. The molecule has 0 aliphatic rings. The summed E-state index contributed by atoms with van der Waals surface area (Å²) in [5.74, 6) is 1.81. The van der Waals surface area contributed by atoms with E-state index in [1.54, 1.807) is 19.2 Å². The van der Waals surface area contributed by atoms with E-state index in [0.29, 0.717) is 37.4 Å². The molecule has 6 heteroatoms. The van der Waals surface area contributed by atoms with Crippen LogP contribution in [0.2, 0.25) is 0 Å². The van der Waals surface area contributed by atoms with Crippen LogP contribution in [0.4, 0.5) is 0 Å². The van der Waals surface area contributed by atoms with Crippen molar-refractivity contribution in [2.75, 3.05) is 13.7 Å². The van der Waals surface area contributed by atoms with E-state index < -0.39 is 6.10 Å². The molecule has 0 aromatic heterocycles. The molecule has 0 fully saturated rings. The highest BCUT2D eigenvalue weighted by Gasteiger charge is 2.13. The Morgan fingerprint density at radius 1 is 0.917 bits per heavy atom. The van der Waals surface area contributed by atoms with Gasteiger partial charge < -0.3 is 24.8 Å². The lowest BCUT2D eigenvalue weighted by molar-refractivity contribution is -0.121. The van der Waals surface area contributed by atoms with Gasteiger partial charge in [0.15, 0.2) is 11.5 Å². The number of phenolic OH excluding ortho intramolecular Hbond substituents is 1. The average molecular weight is 495 g/mol. The van der Waals surface area contributed by atoms with Gasteiger partial charge in [0.05, 0.1) is 13.2 Å². The Morgan fingerprint density at radius 2 is 1.64 bits per heavy atom. The molecule has 3 aromatic rings. The second-order valence-corrected chi connectivity index (χ2v) is 9.61. The highest BCUT2D eigenvalue weighted by molar-refractivity contribution is 5.84. The largest absolute Gasteiger partial charge is 0.508 e. The minimum atomic E-state index is -0.609. The standard InChI is InChI=1S/C30H38O6/c1-21(19-31)5-3-4-6-26(32)18-28(34)12-8-22-9-14-29(35-2)30(16-22)36-20-23-7-10-25-17-27(33)13-11-24(25)15-23/h7,9-11,13-17,21,26,31-33H,3-6,8,12,18-20H2,1-2H3. The average Bonchev–Trinajstić information content (AvgIpc) is 2.88. The molecule has 0 bridgehead atoms. The van der Waals surface area contributed by atoms with Crippen LogP contribution in [0, 0.1) is 5.92 Å². The number of unbranched alkanes of at least 4 members (excludes halogenated alkanes) is 1. The maximum Gasteiger partial charge on any atom is 0.161 e. The van der Waals surface area contributed by atoms with Gasteiger partial charge in [-0.3, -0.25) is 4.79 Å². The highest BCUT2D eigenvalue weighted by Crippen LogP contribution is 2.30.